The Balaban J connectivity index is 1.90. The molecular formula is C17H26N2O. The second kappa shape index (κ2) is 5.96. The summed E-state index contributed by atoms with van der Waals surface area (Å²) in [6.45, 7) is 8.54. The Bertz CT molecular complexity index is 464. The van der Waals surface area contributed by atoms with Crippen LogP contribution in [0, 0.1) is 12.3 Å². The van der Waals surface area contributed by atoms with Crippen LogP contribution < -0.4 is 10.6 Å². The lowest BCUT2D eigenvalue weighted by Crippen LogP contribution is -2.47. The van der Waals surface area contributed by atoms with E-state index in [0.29, 0.717) is 11.5 Å². The molecule has 20 heavy (non-hydrogen) atoms. The molecular weight excluding hydrogens is 248 g/mol. The smallest absolute Gasteiger partial charge is 0.241 e. The average molecular weight is 274 g/mol. The monoisotopic (exact) mass is 274 g/mol. The average Bonchev–Trinajstić information content (AvgIpc) is 2.71. The van der Waals surface area contributed by atoms with Crippen LogP contribution in [0.1, 0.15) is 45.6 Å². The van der Waals surface area contributed by atoms with Gasteiger partial charge in [0.25, 0.3) is 0 Å². The van der Waals surface area contributed by atoms with Crippen molar-refractivity contribution in [1.82, 2.24) is 5.32 Å². The van der Waals surface area contributed by atoms with Gasteiger partial charge in [0.2, 0.25) is 5.91 Å². The molecule has 1 aromatic rings. The molecule has 0 aromatic heterocycles. The molecule has 1 fully saturated rings. The molecule has 2 unspecified atom stereocenters. The van der Waals surface area contributed by atoms with Crippen molar-refractivity contribution >= 4 is 11.6 Å². The first-order valence-electron chi connectivity index (χ1n) is 7.52. The van der Waals surface area contributed by atoms with Crippen molar-refractivity contribution in [2.75, 3.05) is 5.32 Å². The zero-order chi connectivity index (χ0) is 14.8. The third-order valence-electron chi connectivity index (χ3n) is 4.42. The summed E-state index contributed by atoms with van der Waals surface area (Å²) in [6.07, 6.45) is 3.64. The van der Waals surface area contributed by atoms with E-state index in [-0.39, 0.29) is 11.9 Å². The quantitative estimate of drug-likeness (QED) is 0.882. The second-order valence-electron chi connectivity index (χ2n) is 6.68. The standard InChI is InChI=1S/C17H26N2O/c1-12-7-9-14(10-8-12)19-16(20)13(2)18-15-6-5-11-17(15,3)4/h7-10,13,15,18H,5-6,11H2,1-4H3,(H,19,20). The number of carbonyl (C=O) groups is 1. The van der Waals surface area contributed by atoms with Gasteiger partial charge in [0, 0.05) is 11.7 Å². The van der Waals surface area contributed by atoms with Crippen LogP contribution in [0.5, 0.6) is 0 Å². The molecule has 1 aliphatic rings. The molecule has 0 radical (unpaired) electrons. The van der Waals surface area contributed by atoms with Gasteiger partial charge in [0.05, 0.1) is 6.04 Å². The maximum atomic E-state index is 12.2. The first-order valence-corrected chi connectivity index (χ1v) is 7.52. The van der Waals surface area contributed by atoms with E-state index >= 15 is 0 Å². The molecule has 0 spiro atoms. The van der Waals surface area contributed by atoms with E-state index in [4.69, 9.17) is 0 Å². The van der Waals surface area contributed by atoms with Crippen LogP contribution in [0.4, 0.5) is 5.69 Å². The minimum atomic E-state index is -0.168. The van der Waals surface area contributed by atoms with E-state index in [1.807, 2.05) is 38.1 Å². The lowest BCUT2D eigenvalue weighted by atomic mass is 9.87. The molecule has 0 saturated heterocycles. The minimum absolute atomic E-state index is 0.0385. The van der Waals surface area contributed by atoms with Crippen molar-refractivity contribution in [1.29, 1.82) is 0 Å². The van der Waals surface area contributed by atoms with Gasteiger partial charge < -0.3 is 10.6 Å². The predicted octanol–water partition coefficient (Wildman–Crippen LogP) is 3.49. The van der Waals surface area contributed by atoms with E-state index in [1.54, 1.807) is 0 Å². The van der Waals surface area contributed by atoms with Crippen LogP contribution in [0.3, 0.4) is 0 Å². The third kappa shape index (κ3) is 3.60. The van der Waals surface area contributed by atoms with E-state index in [0.717, 1.165) is 12.1 Å². The Morgan fingerprint density at radius 1 is 1.30 bits per heavy atom. The van der Waals surface area contributed by atoms with Gasteiger partial charge in [-0.15, -0.1) is 0 Å². The molecule has 3 heteroatoms. The zero-order valence-corrected chi connectivity index (χ0v) is 13.0. The Morgan fingerprint density at radius 3 is 2.50 bits per heavy atom. The highest BCUT2D eigenvalue weighted by Gasteiger charge is 2.35. The van der Waals surface area contributed by atoms with Crippen molar-refractivity contribution < 1.29 is 4.79 Å². The molecule has 110 valence electrons. The van der Waals surface area contributed by atoms with Crippen LogP contribution in [-0.4, -0.2) is 18.0 Å². The summed E-state index contributed by atoms with van der Waals surface area (Å²) >= 11 is 0. The highest BCUT2D eigenvalue weighted by atomic mass is 16.2. The van der Waals surface area contributed by atoms with Crippen molar-refractivity contribution in [2.24, 2.45) is 5.41 Å². The molecule has 1 amide bonds. The molecule has 0 bridgehead atoms. The molecule has 0 aliphatic heterocycles. The first-order chi connectivity index (χ1) is 9.38. The van der Waals surface area contributed by atoms with Gasteiger partial charge in [-0.1, -0.05) is 38.0 Å². The Labute approximate surface area is 122 Å². The van der Waals surface area contributed by atoms with Gasteiger partial charge in [-0.25, -0.2) is 0 Å². The highest BCUT2D eigenvalue weighted by Crippen LogP contribution is 2.37. The van der Waals surface area contributed by atoms with Crippen LogP contribution in [0.15, 0.2) is 24.3 Å². The van der Waals surface area contributed by atoms with Gasteiger partial charge in [0.15, 0.2) is 0 Å². The van der Waals surface area contributed by atoms with E-state index < -0.39 is 0 Å². The van der Waals surface area contributed by atoms with Gasteiger partial charge in [-0.05, 0) is 44.2 Å². The lowest BCUT2D eigenvalue weighted by molar-refractivity contribution is -0.118. The molecule has 1 aliphatic carbocycles. The van der Waals surface area contributed by atoms with Gasteiger partial charge in [-0.2, -0.15) is 0 Å². The van der Waals surface area contributed by atoms with E-state index in [1.165, 1.54) is 18.4 Å². The summed E-state index contributed by atoms with van der Waals surface area (Å²) in [6, 6.07) is 8.17. The molecule has 1 aromatic carbocycles. The van der Waals surface area contributed by atoms with Crippen molar-refractivity contribution in [3.05, 3.63) is 29.8 Å². The Hall–Kier alpha value is -1.35. The van der Waals surface area contributed by atoms with Crippen molar-refractivity contribution in [2.45, 2.75) is 59.0 Å². The summed E-state index contributed by atoms with van der Waals surface area (Å²) in [5, 5.41) is 6.46. The number of aryl methyl sites for hydroxylation is 1. The third-order valence-corrected chi connectivity index (χ3v) is 4.42. The Morgan fingerprint density at radius 2 is 1.95 bits per heavy atom. The maximum Gasteiger partial charge on any atom is 0.241 e. The fraction of sp³-hybridized carbons (Fsp3) is 0.588. The molecule has 1 saturated carbocycles. The summed E-state index contributed by atoms with van der Waals surface area (Å²) in [5.41, 5.74) is 2.35. The van der Waals surface area contributed by atoms with E-state index in [9.17, 15) is 4.79 Å². The Kier molecular flexibility index (Phi) is 4.48. The molecule has 2 atom stereocenters. The maximum absolute atomic E-state index is 12.2. The molecule has 0 heterocycles. The first kappa shape index (κ1) is 15.0. The number of anilines is 1. The summed E-state index contributed by atoms with van der Waals surface area (Å²) in [5.74, 6) is 0.0385. The van der Waals surface area contributed by atoms with Gasteiger partial charge >= 0.3 is 0 Å². The number of amides is 1. The number of hydrogen-bond acceptors (Lipinski definition) is 2. The van der Waals surface area contributed by atoms with Crippen LogP contribution in [0.2, 0.25) is 0 Å². The molecule has 2 N–H and O–H groups in total. The number of hydrogen-bond donors (Lipinski definition) is 2. The lowest BCUT2D eigenvalue weighted by Gasteiger charge is -2.30. The minimum Gasteiger partial charge on any atom is -0.325 e. The topological polar surface area (TPSA) is 41.1 Å². The predicted molar refractivity (Wildman–Crippen MR) is 83.8 cm³/mol. The number of nitrogens with one attached hydrogen (secondary N) is 2. The largest absolute Gasteiger partial charge is 0.325 e. The normalized spacial score (nSPS) is 22.5. The highest BCUT2D eigenvalue weighted by molar-refractivity contribution is 5.94. The zero-order valence-electron chi connectivity index (χ0n) is 13.0. The summed E-state index contributed by atoms with van der Waals surface area (Å²) < 4.78 is 0. The summed E-state index contributed by atoms with van der Waals surface area (Å²) in [4.78, 5) is 12.2. The summed E-state index contributed by atoms with van der Waals surface area (Å²) in [7, 11) is 0. The second-order valence-corrected chi connectivity index (χ2v) is 6.68. The van der Waals surface area contributed by atoms with E-state index in [2.05, 4.69) is 24.5 Å². The fourth-order valence-corrected chi connectivity index (χ4v) is 2.90. The van der Waals surface area contributed by atoms with Crippen LogP contribution in [0.25, 0.3) is 0 Å². The SMILES string of the molecule is Cc1ccc(NC(=O)C(C)NC2CCCC2(C)C)cc1. The van der Waals surface area contributed by atoms with Crippen LogP contribution >= 0.6 is 0 Å². The number of carbonyl (C=O) groups excluding carboxylic acids is 1. The number of benzene rings is 1. The fourth-order valence-electron chi connectivity index (χ4n) is 2.90. The molecule has 2 rings (SSSR count). The van der Waals surface area contributed by atoms with Crippen LogP contribution in [-0.2, 0) is 4.79 Å². The van der Waals surface area contributed by atoms with Crippen molar-refractivity contribution in [3.63, 3.8) is 0 Å². The number of rotatable bonds is 4. The molecule has 3 nitrogen and oxygen atoms in total. The van der Waals surface area contributed by atoms with Gasteiger partial charge in [0.1, 0.15) is 0 Å². The van der Waals surface area contributed by atoms with Gasteiger partial charge in [-0.3, -0.25) is 4.79 Å². The van der Waals surface area contributed by atoms with Crippen molar-refractivity contribution in [3.8, 4) is 0 Å².